The molecule has 0 atom stereocenters. The van der Waals surface area contributed by atoms with Crippen molar-refractivity contribution in [1.82, 2.24) is 15.1 Å². The highest BCUT2D eigenvalue weighted by atomic mass is 32.2. The van der Waals surface area contributed by atoms with E-state index < -0.39 is 0 Å². The molecular formula is C14H29N3S2. The van der Waals surface area contributed by atoms with Crippen LogP contribution >= 0.6 is 23.5 Å². The fourth-order valence-corrected chi connectivity index (χ4v) is 4.47. The van der Waals surface area contributed by atoms with Crippen LogP contribution in [0.25, 0.3) is 0 Å². The van der Waals surface area contributed by atoms with Gasteiger partial charge in [0.15, 0.2) is 0 Å². The quantitative estimate of drug-likeness (QED) is 0.728. The number of nitrogens with one attached hydrogen (secondary N) is 1. The summed E-state index contributed by atoms with van der Waals surface area (Å²) in [7, 11) is 0. The number of fused-ring (bicyclic) bond motifs is 14. The van der Waals surface area contributed by atoms with Gasteiger partial charge in [0.05, 0.1) is 0 Å². The lowest BCUT2D eigenvalue weighted by molar-refractivity contribution is 0.194. The molecule has 112 valence electrons. The number of thioether (sulfide) groups is 2. The Morgan fingerprint density at radius 3 is 1.53 bits per heavy atom. The van der Waals surface area contributed by atoms with Crippen molar-refractivity contribution in [2.75, 3.05) is 75.4 Å². The Balaban J connectivity index is 1.75. The molecule has 0 aliphatic carbocycles. The van der Waals surface area contributed by atoms with Gasteiger partial charge in [-0.2, -0.15) is 23.5 Å². The van der Waals surface area contributed by atoms with Gasteiger partial charge < -0.3 is 15.1 Å². The van der Waals surface area contributed by atoms with Gasteiger partial charge in [-0.25, -0.2) is 0 Å². The van der Waals surface area contributed by atoms with Gasteiger partial charge in [-0.05, 0) is 39.0 Å². The molecule has 0 aromatic carbocycles. The maximum atomic E-state index is 3.55. The van der Waals surface area contributed by atoms with Crippen LogP contribution in [0.2, 0.25) is 0 Å². The fraction of sp³-hybridized carbons (Fsp3) is 1.00. The van der Waals surface area contributed by atoms with Crippen molar-refractivity contribution in [3.8, 4) is 0 Å². The Morgan fingerprint density at radius 1 is 0.579 bits per heavy atom. The second kappa shape index (κ2) is 10.3. The van der Waals surface area contributed by atoms with Crippen molar-refractivity contribution in [3.63, 3.8) is 0 Å². The minimum atomic E-state index is 1.18. The largest absolute Gasteiger partial charge is 0.315 e. The smallest absolute Gasteiger partial charge is 0.00724 e. The maximum Gasteiger partial charge on any atom is 0.00724 e. The van der Waals surface area contributed by atoms with Crippen LogP contribution in [0.3, 0.4) is 0 Å². The molecule has 3 fully saturated rings. The minimum absolute atomic E-state index is 1.18. The summed E-state index contributed by atoms with van der Waals surface area (Å²) in [5, 5.41) is 3.55. The van der Waals surface area contributed by atoms with Crippen LogP contribution in [-0.2, 0) is 0 Å². The first-order valence-electron chi connectivity index (χ1n) is 7.76. The molecule has 0 radical (unpaired) electrons. The van der Waals surface area contributed by atoms with Crippen molar-refractivity contribution in [2.24, 2.45) is 0 Å². The van der Waals surface area contributed by atoms with Crippen LogP contribution < -0.4 is 5.32 Å². The van der Waals surface area contributed by atoms with E-state index in [0.717, 1.165) is 0 Å². The third kappa shape index (κ3) is 7.23. The molecule has 1 N–H and O–H groups in total. The average molecular weight is 304 g/mol. The molecule has 0 saturated carbocycles. The van der Waals surface area contributed by atoms with Crippen molar-refractivity contribution in [3.05, 3.63) is 0 Å². The van der Waals surface area contributed by atoms with E-state index in [0.29, 0.717) is 0 Å². The molecule has 2 bridgehead atoms. The Morgan fingerprint density at radius 2 is 1.05 bits per heavy atom. The van der Waals surface area contributed by atoms with Gasteiger partial charge in [-0.3, -0.25) is 0 Å². The molecule has 5 heteroatoms. The lowest BCUT2D eigenvalue weighted by Gasteiger charge is -2.30. The Hall–Kier alpha value is 0.580. The average Bonchev–Trinajstić information content (AvgIpc) is 2.37. The van der Waals surface area contributed by atoms with E-state index in [4.69, 9.17) is 0 Å². The van der Waals surface area contributed by atoms with Crippen LogP contribution in [0, 0.1) is 0 Å². The van der Waals surface area contributed by atoms with E-state index in [9.17, 15) is 0 Å². The van der Waals surface area contributed by atoms with Crippen molar-refractivity contribution < 1.29 is 0 Å². The predicted molar refractivity (Wildman–Crippen MR) is 89.6 cm³/mol. The number of hydrogen-bond donors (Lipinski definition) is 1. The molecule has 3 aliphatic heterocycles. The molecule has 0 unspecified atom stereocenters. The Kier molecular flexibility index (Phi) is 8.67. The van der Waals surface area contributed by atoms with E-state index >= 15 is 0 Å². The van der Waals surface area contributed by atoms with E-state index in [-0.39, 0.29) is 0 Å². The predicted octanol–water partition coefficient (Wildman–Crippen LogP) is 1.45. The van der Waals surface area contributed by atoms with Crippen LogP contribution in [0.1, 0.15) is 12.8 Å². The molecule has 0 aromatic heterocycles. The first-order valence-corrected chi connectivity index (χ1v) is 10.1. The fourth-order valence-electron chi connectivity index (χ4n) is 2.71. The zero-order valence-corrected chi connectivity index (χ0v) is 13.7. The zero-order chi connectivity index (χ0) is 13.2. The van der Waals surface area contributed by atoms with E-state index in [2.05, 4.69) is 38.6 Å². The molecule has 0 amide bonds. The summed E-state index contributed by atoms with van der Waals surface area (Å²) in [6, 6.07) is 0. The summed E-state index contributed by atoms with van der Waals surface area (Å²) in [4.78, 5) is 5.36. The van der Waals surface area contributed by atoms with Gasteiger partial charge >= 0.3 is 0 Å². The minimum Gasteiger partial charge on any atom is -0.315 e. The first-order chi connectivity index (χ1) is 9.45. The number of rotatable bonds is 0. The standard InChI is InChI=1S/C14H29N3S2/c1-5-16-7-2-8-17(6-1)10-14-19-12-4-15-3-11-18-13-9-16/h15H,1-14H2. The normalized spacial score (nSPS) is 32.8. The molecule has 0 spiro atoms. The molecule has 0 aromatic rings. The van der Waals surface area contributed by atoms with Gasteiger partial charge in [-0.1, -0.05) is 0 Å². The van der Waals surface area contributed by atoms with Gasteiger partial charge in [0.2, 0.25) is 0 Å². The molecule has 3 heterocycles. The summed E-state index contributed by atoms with van der Waals surface area (Å²) in [6.45, 7) is 10.2. The number of nitrogens with zero attached hydrogens (tertiary/aromatic N) is 2. The Bertz CT molecular complexity index is 193. The van der Waals surface area contributed by atoms with Crippen LogP contribution in [0.5, 0.6) is 0 Å². The number of hydrogen-bond acceptors (Lipinski definition) is 5. The lowest BCUT2D eigenvalue weighted by atomic mass is 10.2. The summed E-state index contributed by atoms with van der Waals surface area (Å²) in [5.41, 5.74) is 0. The van der Waals surface area contributed by atoms with Gasteiger partial charge in [0.25, 0.3) is 0 Å². The summed E-state index contributed by atoms with van der Waals surface area (Å²) in [6.07, 6.45) is 2.72. The molecule has 3 aliphatic rings. The molecule has 3 nitrogen and oxygen atoms in total. The highest BCUT2D eigenvalue weighted by molar-refractivity contribution is 7.99. The van der Waals surface area contributed by atoms with Gasteiger partial charge in [0.1, 0.15) is 0 Å². The SMILES string of the molecule is C1CN2CCCN(C1)CCSCCNCCSCC2. The lowest BCUT2D eigenvalue weighted by Crippen LogP contribution is -2.38. The van der Waals surface area contributed by atoms with Crippen LogP contribution in [0.4, 0.5) is 0 Å². The highest BCUT2D eigenvalue weighted by Crippen LogP contribution is 2.08. The van der Waals surface area contributed by atoms with E-state index in [1.807, 2.05) is 0 Å². The van der Waals surface area contributed by atoms with Crippen molar-refractivity contribution in [2.45, 2.75) is 12.8 Å². The Labute approximate surface area is 127 Å². The third-order valence-electron chi connectivity index (χ3n) is 3.85. The summed E-state index contributed by atoms with van der Waals surface area (Å²) >= 11 is 4.22. The highest BCUT2D eigenvalue weighted by Gasteiger charge is 2.12. The van der Waals surface area contributed by atoms with Crippen LogP contribution in [-0.4, -0.2) is 85.2 Å². The van der Waals surface area contributed by atoms with Gasteiger partial charge in [-0.15, -0.1) is 0 Å². The van der Waals surface area contributed by atoms with Crippen LogP contribution in [0.15, 0.2) is 0 Å². The second-order valence-corrected chi connectivity index (χ2v) is 7.81. The zero-order valence-electron chi connectivity index (χ0n) is 12.1. The summed E-state index contributed by atoms with van der Waals surface area (Å²) < 4.78 is 0. The molecule has 19 heavy (non-hydrogen) atoms. The second-order valence-electron chi connectivity index (χ2n) is 5.37. The van der Waals surface area contributed by atoms with Crippen molar-refractivity contribution >= 4 is 23.5 Å². The third-order valence-corrected chi connectivity index (χ3v) is 5.78. The van der Waals surface area contributed by atoms with E-state index in [1.165, 1.54) is 88.2 Å². The molecule has 3 saturated heterocycles. The van der Waals surface area contributed by atoms with E-state index in [1.54, 1.807) is 0 Å². The molecular weight excluding hydrogens is 274 g/mol. The first kappa shape index (κ1) is 16.0. The van der Waals surface area contributed by atoms with Gasteiger partial charge in [0, 0.05) is 49.2 Å². The molecule has 3 rings (SSSR count). The van der Waals surface area contributed by atoms with Crippen molar-refractivity contribution in [1.29, 1.82) is 0 Å². The monoisotopic (exact) mass is 303 g/mol. The topological polar surface area (TPSA) is 18.5 Å². The maximum absolute atomic E-state index is 3.55. The summed E-state index contributed by atoms with van der Waals surface area (Å²) in [5.74, 6) is 5.15.